The third-order valence-electron chi connectivity index (χ3n) is 3.78. The molecule has 2 rings (SSSR count). The van der Waals surface area contributed by atoms with Crippen molar-refractivity contribution in [1.82, 2.24) is 9.97 Å². The number of amides is 1. The molecule has 2 atom stereocenters. The van der Waals surface area contributed by atoms with Gasteiger partial charge in [0, 0.05) is 18.2 Å². The van der Waals surface area contributed by atoms with E-state index in [9.17, 15) is 4.79 Å². The summed E-state index contributed by atoms with van der Waals surface area (Å²) < 4.78 is 0. The third kappa shape index (κ3) is 2.81. The molecule has 19 heavy (non-hydrogen) atoms. The third-order valence-corrected chi connectivity index (χ3v) is 4.11. The first kappa shape index (κ1) is 14.1. The van der Waals surface area contributed by atoms with Crippen LogP contribution in [0.25, 0.3) is 0 Å². The average molecular weight is 283 g/mol. The summed E-state index contributed by atoms with van der Waals surface area (Å²) in [6, 6.07) is 0.326. The first-order valence-corrected chi connectivity index (χ1v) is 6.97. The minimum absolute atomic E-state index is 0.116. The van der Waals surface area contributed by atoms with Crippen LogP contribution in [-0.2, 0) is 11.2 Å². The zero-order valence-electron chi connectivity index (χ0n) is 11.3. The zero-order valence-corrected chi connectivity index (χ0v) is 12.0. The van der Waals surface area contributed by atoms with Crippen LogP contribution in [0.1, 0.15) is 32.3 Å². The van der Waals surface area contributed by atoms with E-state index in [0.717, 1.165) is 30.6 Å². The van der Waals surface area contributed by atoms with Gasteiger partial charge in [-0.2, -0.15) is 0 Å². The van der Waals surface area contributed by atoms with Crippen LogP contribution in [0, 0.1) is 5.92 Å². The monoisotopic (exact) mass is 282 g/mol. The van der Waals surface area contributed by atoms with E-state index in [1.807, 2.05) is 6.92 Å². The Labute approximate surface area is 118 Å². The smallest absolute Gasteiger partial charge is 0.222 e. The van der Waals surface area contributed by atoms with Gasteiger partial charge in [-0.25, -0.2) is 9.97 Å². The lowest BCUT2D eigenvalue weighted by Crippen LogP contribution is -2.46. The van der Waals surface area contributed by atoms with Gasteiger partial charge in [-0.05, 0) is 26.2 Å². The number of primary amides is 1. The van der Waals surface area contributed by atoms with Crippen LogP contribution in [-0.4, -0.2) is 28.5 Å². The predicted octanol–water partition coefficient (Wildman–Crippen LogP) is 1.78. The fourth-order valence-corrected chi connectivity index (χ4v) is 2.83. The molecule has 2 heterocycles. The molecule has 0 aromatic carbocycles. The van der Waals surface area contributed by atoms with Gasteiger partial charge >= 0.3 is 0 Å². The SMILES string of the molecule is CCc1c(Cl)ncnc1N1CC(C(N)=O)CCC1C. The number of nitrogens with two attached hydrogens (primary N) is 1. The number of carbonyl (C=O) groups excluding carboxylic acids is 1. The molecule has 1 fully saturated rings. The summed E-state index contributed by atoms with van der Waals surface area (Å²) in [6.45, 7) is 4.76. The highest BCUT2D eigenvalue weighted by Gasteiger charge is 2.30. The second-order valence-corrected chi connectivity index (χ2v) is 5.36. The van der Waals surface area contributed by atoms with Crippen LogP contribution in [0.15, 0.2) is 6.33 Å². The van der Waals surface area contributed by atoms with Gasteiger partial charge in [0.05, 0.1) is 5.92 Å². The van der Waals surface area contributed by atoms with Crippen LogP contribution in [0.2, 0.25) is 5.15 Å². The number of aromatic nitrogens is 2. The number of nitrogens with zero attached hydrogens (tertiary/aromatic N) is 3. The van der Waals surface area contributed by atoms with E-state index in [4.69, 9.17) is 17.3 Å². The summed E-state index contributed by atoms with van der Waals surface area (Å²) in [5.74, 6) is 0.477. The lowest BCUT2D eigenvalue weighted by Gasteiger charge is -2.38. The molecule has 1 aromatic heterocycles. The molecule has 1 amide bonds. The van der Waals surface area contributed by atoms with Crippen LogP contribution in [0.4, 0.5) is 5.82 Å². The number of rotatable bonds is 3. The van der Waals surface area contributed by atoms with Gasteiger partial charge in [-0.1, -0.05) is 18.5 Å². The molecular weight excluding hydrogens is 264 g/mol. The Morgan fingerprint density at radius 3 is 2.89 bits per heavy atom. The highest BCUT2D eigenvalue weighted by molar-refractivity contribution is 6.30. The normalized spacial score (nSPS) is 23.4. The molecule has 1 aliphatic heterocycles. The molecule has 2 unspecified atom stereocenters. The largest absolute Gasteiger partial charge is 0.369 e. The van der Waals surface area contributed by atoms with E-state index in [1.54, 1.807) is 0 Å². The topological polar surface area (TPSA) is 72.1 Å². The second-order valence-electron chi connectivity index (χ2n) is 5.00. The fraction of sp³-hybridized carbons (Fsp3) is 0.615. The molecule has 0 spiro atoms. The number of piperidine rings is 1. The lowest BCUT2D eigenvalue weighted by molar-refractivity contribution is -0.122. The molecular formula is C13H19ClN4O. The number of hydrogen-bond donors (Lipinski definition) is 1. The van der Waals surface area contributed by atoms with Gasteiger partial charge in [0.1, 0.15) is 17.3 Å². The van der Waals surface area contributed by atoms with E-state index < -0.39 is 0 Å². The second kappa shape index (κ2) is 5.74. The Bertz CT molecular complexity index is 480. The van der Waals surface area contributed by atoms with E-state index in [-0.39, 0.29) is 11.8 Å². The Kier molecular flexibility index (Phi) is 4.24. The van der Waals surface area contributed by atoms with E-state index in [2.05, 4.69) is 21.8 Å². The molecule has 104 valence electrons. The van der Waals surface area contributed by atoms with Crippen molar-refractivity contribution in [3.8, 4) is 0 Å². The Balaban J connectivity index is 2.33. The van der Waals surface area contributed by atoms with Crippen molar-refractivity contribution < 1.29 is 4.79 Å². The van der Waals surface area contributed by atoms with E-state index in [1.165, 1.54) is 6.33 Å². The van der Waals surface area contributed by atoms with Crippen molar-refractivity contribution in [3.05, 3.63) is 17.0 Å². The Morgan fingerprint density at radius 1 is 1.53 bits per heavy atom. The predicted molar refractivity (Wildman–Crippen MR) is 75.1 cm³/mol. The molecule has 0 aliphatic carbocycles. The van der Waals surface area contributed by atoms with Gasteiger partial charge in [0.15, 0.2) is 0 Å². The minimum Gasteiger partial charge on any atom is -0.369 e. The molecule has 0 radical (unpaired) electrons. The average Bonchev–Trinajstić information content (AvgIpc) is 2.38. The summed E-state index contributed by atoms with van der Waals surface area (Å²) in [7, 11) is 0. The van der Waals surface area contributed by atoms with Crippen molar-refractivity contribution >= 4 is 23.3 Å². The van der Waals surface area contributed by atoms with Crippen LogP contribution >= 0.6 is 11.6 Å². The summed E-state index contributed by atoms with van der Waals surface area (Å²) in [4.78, 5) is 21.9. The number of hydrogen-bond acceptors (Lipinski definition) is 4. The molecule has 1 aliphatic rings. The minimum atomic E-state index is -0.241. The standard InChI is InChI=1S/C13H19ClN4O/c1-3-10-11(14)16-7-17-13(10)18-6-9(12(15)19)5-4-8(18)2/h7-9H,3-6H2,1-2H3,(H2,15,19). The van der Waals surface area contributed by atoms with Gasteiger partial charge in [-0.15, -0.1) is 0 Å². The van der Waals surface area contributed by atoms with Gasteiger partial charge in [0.2, 0.25) is 5.91 Å². The summed E-state index contributed by atoms with van der Waals surface area (Å²) in [5, 5.41) is 0.487. The number of carbonyl (C=O) groups is 1. The first-order chi connectivity index (χ1) is 9.04. The quantitative estimate of drug-likeness (QED) is 0.858. The maximum Gasteiger partial charge on any atom is 0.222 e. The fourth-order valence-electron chi connectivity index (χ4n) is 2.57. The van der Waals surface area contributed by atoms with Crippen LogP contribution < -0.4 is 10.6 Å². The first-order valence-electron chi connectivity index (χ1n) is 6.59. The Hall–Kier alpha value is -1.36. The van der Waals surface area contributed by atoms with Crippen molar-refractivity contribution in [3.63, 3.8) is 0 Å². The summed E-state index contributed by atoms with van der Waals surface area (Å²) >= 11 is 6.13. The molecule has 1 saturated heterocycles. The van der Waals surface area contributed by atoms with Gasteiger partial charge < -0.3 is 10.6 Å². The molecule has 6 heteroatoms. The van der Waals surface area contributed by atoms with Crippen molar-refractivity contribution in [2.45, 2.75) is 39.2 Å². The number of halogens is 1. The van der Waals surface area contributed by atoms with Crippen molar-refractivity contribution in [2.24, 2.45) is 11.7 Å². The van der Waals surface area contributed by atoms with E-state index in [0.29, 0.717) is 17.7 Å². The van der Waals surface area contributed by atoms with Crippen molar-refractivity contribution in [1.29, 1.82) is 0 Å². The molecule has 1 aromatic rings. The molecule has 2 N–H and O–H groups in total. The summed E-state index contributed by atoms with van der Waals surface area (Å²) in [5.41, 5.74) is 6.36. The zero-order chi connectivity index (χ0) is 14.0. The highest BCUT2D eigenvalue weighted by Crippen LogP contribution is 2.30. The summed E-state index contributed by atoms with van der Waals surface area (Å²) in [6.07, 6.45) is 4.00. The molecule has 0 saturated carbocycles. The van der Waals surface area contributed by atoms with Gasteiger partial charge in [0.25, 0.3) is 0 Å². The number of anilines is 1. The Morgan fingerprint density at radius 2 is 2.26 bits per heavy atom. The molecule has 5 nitrogen and oxygen atoms in total. The maximum absolute atomic E-state index is 11.4. The van der Waals surface area contributed by atoms with Crippen molar-refractivity contribution in [2.75, 3.05) is 11.4 Å². The van der Waals surface area contributed by atoms with Crippen LogP contribution in [0.3, 0.4) is 0 Å². The highest BCUT2D eigenvalue weighted by atomic mass is 35.5. The molecule has 0 bridgehead atoms. The lowest BCUT2D eigenvalue weighted by atomic mass is 9.92. The van der Waals surface area contributed by atoms with E-state index >= 15 is 0 Å². The van der Waals surface area contributed by atoms with Crippen LogP contribution in [0.5, 0.6) is 0 Å². The van der Waals surface area contributed by atoms with Gasteiger partial charge in [-0.3, -0.25) is 4.79 Å². The maximum atomic E-state index is 11.4.